The molecule has 1 aromatic rings. The molecule has 1 aliphatic heterocycles. The van der Waals surface area contributed by atoms with Crippen molar-refractivity contribution in [2.75, 3.05) is 6.54 Å². The van der Waals surface area contributed by atoms with Gasteiger partial charge in [0.2, 0.25) is 0 Å². The highest BCUT2D eigenvalue weighted by Gasteiger charge is 2.33. The molecule has 2 rings (SSSR count). The molecule has 1 saturated heterocycles. The number of carboxylic acid groups (broad SMARTS) is 1. The molecule has 1 aromatic carbocycles. The van der Waals surface area contributed by atoms with Crippen LogP contribution >= 0.6 is 0 Å². The summed E-state index contributed by atoms with van der Waals surface area (Å²) in [5.41, 5.74) is -0.558. The van der Waals surface area contributed by atoms with Crippen LogP contribution in [0.2, 0.25) is 0 Å². The van der Waals surface area contributed by atoms with Crippen molar-refractivity contribution in [3.8, 4) is 0 Å². The number of aromatic carboxylic acids is 1. The number of nitro benzene ring substituents is 1. The maximum Gasteiger partial charge on any atom is 0.335 e. The molecule has 24 heavy (non-hydrogen) atoms. The minimum atomic E-state index is -1.29. The van der Waals surface area contributed by atoms with Gasteiger partial charge in [-0.15, -0.1) is 0 Å². The Balaban J connectivity index is 2.34. The Bertz CT molecular complexity index is 626. The Morgan fingerprint density at radius 2 is 2.04 bits per heavy atom. The van der Waals surface area contributed by atoms with Crippen molar-refractivity contribution in [3.05, 3.63) is 39.4 Å². The first kappa shape index (κ1) is 17.9. The zero-order valence-corrected chi connectivity index (χ0v) is 13.9. The van der Waals surface area contributed by atoms with E-state index in [2.05, 4.69) is 13.8 Å². The van der Waals surface area contributed by atoms with Crippen LogP contribution in [0.5, 0.6) is 0 Å². The molecule has 0 bridgehead atoms. The molecule has 2 atom stereocenters. The molecule has 130 valence electrons. The van der Waals surface area contributed by atoms with Gasteiger partial charge in [0.05, 0.1) is 10.5 Å². The van der Waals surface area contributed by atoms with Crippen LogP contribution in [0.25, 0.3) is 0 Å². The summed E-state index contributed by atoms with van der Waals surface area (Å²) < 4.78 is 0. The monoisotopic (exact) mass is 334 g/mol. The average Bonchev–Trinajstić information content (AvgIpc) is 3.03. The molecule has 1 fully saturated rings. The molecule has 0 aliphatic carbocycles. The quantitative estimate of drug-likeness (QED) is 0.635. The van der Waals surface area contributed by atoms with E-state index >= 15 is 0 Å². The van der Waals surface area contributed by atoms with Crippen molar-refractivity contribution in [2.24, 2.45) is 5.92 Å². The number of carbonyl (C=O) groups excluding carboxylic acids is 1. The standard InChI is InChI=1S/C17H22N2O5/c1-3-5-11(2)15-6-4-7-18(15)16(20)12-8-13(17(21)22)10-14(9-12)19(23)24/h8-11,15H,3-7H2,1-2H3,(H,21,22). The number of non-ortho nitro benzene ring substituents is 1. The van der Waals surface area contributed by atoms with Gasteiger partial charge in [-0.1, -0.05) is 20.3 Å². The number of hydrogen-bond donors (Lipinski definition) is 1. The molecule has 1 aliphatic rings. The minimum Gasteiger partial charge on any atom is -0.478 e. The van der Waals surface area contributed by atoms with Gasteiger partial charge in [-0.05, 0) is 31.2 Å². The van der Waals surface area contributed by atoms with E-state index in [1.54, 1.807) is 4.90 Å². The predicted molar refractivity (Wildman–Crippen MR) is 88.2 cm³/mol. The van der Waals surface area contributed by atoms with Gasteiger partial charge < -0.3 is 10.0 Å². The summed E-state index contributed by atoms with van der Waals surface area (Å²) in [5, 5.41) is 20.1. The highest BCUT2D eigenvalue weighted by atomic mass is 16.6. The van der Waals surface area contributed by atoms with Crippen LogP contribution in [0, 0.1) is 16.0 Å². The van der Waals surface area contributed by atoms with Crippen LogP contribution in [0.1, 0.15) is 60.2 Å². The van der Waals surface area contributed by atoms with Gasteiger partial charge in [-0.25, -0.2) is 4.79 Å². The normalized spacial score (nSPS) is 18.4. The third kappa shape index (κ3) is 3.72. The fourth-order valence-electron chi connectivity index (χ4n) is 3.41. The summed E-state index contributed by atoms with van der Waals surface area (Å²) >= 11 is 0. The zero-order valence-electron chi connectivity index (χ0n) is 13.9. The molecule has 7 heteroatoms. The van der Waals surface area contributed by atoms with Crippen LogP contribution in [0.15, 0.2) is 18.2 Å². The SMILES string of the molecule is CCCC(C)C1CCCN1C(=O)c1cc(C(=O)O)cc([N+](=O)[O-])c1. The van der Waals surface area contributed by atoms with Crippen molar-refractivity contribution < 1.29 is 19.6 Å². The number of nitrogens with zero attached hydrogens (tertiary/aromatic N) is 2. The van der Waals surface area contributed by atoms with Gasteiger partial charge in [-0.3, -0.25) is 14.9 Å². The molecule has 2 unspecified atom stereocenters. The summed E-state index contributed by atoms with van der Waals surface area (Å²) in [6.45, 7) is 4.80. The lowest BCUT2D eigenvalue weighted by molar-refractivity contribution is -0.384. The highest BCUT2D eigenvalue weighted by molar-refractivity contribution is 5.98. The van der Waals surface area contributed by atoms with Crippen molar-refractivity contribution in [1.29, 1.82) is 0 Å². The molecule has 1 heterocycles. The number of nitro groups is 1. The Kier molecular flexibility index (Phi) is 5.54. The number of hydrogen-bond acceptors (Lipinski definition) is 4. The Hall–Kier alpha value is -2.44. The molecule has 1 N–H and O–H groups in total. The smallest absolute Gasteiger partial charge is 0.335 e. The Morgan fingerprint density at radius 3 is 2.62 bits per heavy atom. The number of carboxylic acids is 1. The third-order valence-corrected chi connectivity index (χ3v) is 4.58. The van der Waals surface area contributed by atoms with E-state index in [9.17, 15) is 19.7 Å². The second kappa shape index (κ2) is 7.42. The van der Waals surface area contributed by atoms with Gasteiger partial charge in [0.25, 0.3) is 11.6 Å². The number of amides is 1. The topological polar surface area (TPSA) is 101 Å². The van der Waals surface area contributed by atoms with Crippen LogP contribution in [-0.2, 0) is 0 Å². The molecule has 0 spiro atoms. The van der Waals surface area contributed by atoms with Crippen LogP contribution < -0.4 is 0 Å². The molecular formula is C17H22N2O5. The second-order valence-corrected chi connectivity index (χ2v) is 6.30. The van der Waals surface area contributed by atoms with E-state index < -0.39 is 10.9 Å². The number of benzene rings is 1. The maximum absolute atomic E-state index is 12.8. The molecule has 1 amide bonds. The number of rotatable bonds is 6. The van der Waals surface area contributed by atoms with Crippen LogP contribution in [0.3, 0.4) is 0 Å². The third-order valence-electron chi connectivity index (χ3n) is 4.58. The lowest BCUT2D eigenvalue weighted by atomic mass is 9.94. The van der Waals surface area contributed by atoms with Gasteiger partial charge in [0.1, 0.15) is 0 Å². The molecular weight excluding hydrogens is 312 g/mol. The fourth-order valence-corrected chi connectivity index (χ4v) is 3.41. The first-order chi connectivity index (χ1) is 11.3. The molecule has 0 radical (unpaired) electrons. The summed E-state index contributed by atoms with van der Waals surface area (Å²) in [7, 11) is 0. The van der Waals surface area contributed by atoms with Gasteiger partial charge in [-0.2, -0.15) is 0 Å². The Morgan fingerprint density at radius 1 is 1.38 bits per heavy atom. The summed E-state index contributed by atoms with van der Waals surface area (Å²) in [6.07, 6.45) is 3.84. The summed E-state index contributed by atoms with van der Waals surface area (Å²) in [6, 6.07) is 3.46. The second-order valence-electron chi connectivity index (χ2n) is 6.30. The maximum atomic E-state index is 12.8. The van der Waals surface area contributed by atoms with Gasteiger partial charge in [0, 0.05) is 30.3 Å². The summed E-state index contributed by atoms with van der Waals surface area (Å²) in [4.78, 5) is 36.1. The number of carbonyl (C=O) groups is 2. The van der Waals surface area contributed by atoms with E-state index in [0.717, 1.165) is 37.8 Å². The van der Waals surface area contributed by atoms with E-state index in [1.807, 2.05) is 0 Å². The van der Waals surface area contributed by atoms with Crippen molar-refractivity contribution in [2.45, 2.75) is 45.6 Å². The zero-order chi connectivity index (χ0) is 17.9. The van der Waals surface area contributed by atoms with Crippen LogP contribution in [-0.4, -0.2) is 39.4 Å². The lowest BCUT2D eigenvalue weighted by Crippen LogP contribution is -2.39. The van der Waals surface area contributed by atoms with E-state index in [0.29, 0.717) is 12.5 Å². The van der Waals surface area contributed by atoms with Crippen molar-refractivity contribution in [3.63, 3.8) is 0 Å². The van der Waals surface area contributed by atoms with Crippen molar-refractivity contribution in [1.82, 2.24) is 4.90 Å². The first-order valence-corrected chi connectivity index (χ1v) is 8.18. The largest absolute Gasteiger partial charge is 0.478 e. The predicted octanol–water partition coefficient (Wildman–Crippen LogP) is 3.33. The van der Waals surface area contributed by atoms with E-state index in [-0.39, 0.29) is 28.8 Å². The van der Waals surface area contributed by atoms with E-state index in [4.69, 9.17) is 5.11 Å². The van der Waals surface area contributed by atoms with E-state index in [1.165, 1.54) is 6.07 Å². The highest BCUT2D eigenvalue weighted by Crippen LogP contribution is 2.29. The minimum absolute atomic E-state index is 0.0669. The average molecular weight is 334 g/mol. The van der Waals surface area contributed by atoms with Gasteiger partial charge >= 0.3 is 5.97 Å². The fraction of sp³-hybridized carbons (Fsp3) is 0.529. The molecule has 7 nitrogen and oxygen atoms in total. The first-order valence-electron chi connectivity index (χ1n) is 8.18. The van der Waals surface area contributed by atoms with Crippen LogP contribution in [0.4, 0.5) is 5.69 Å². The lowest BCUT2D eigenvalue weighted by Gasteiger charge is -2.29. The van der Waals surface area contributed by atoms with Crippen molar-refractivity contribution >= 4 is 17.6 Å². The molecule has 0 saturated carbocycles. The number of likely N-dealkylation sites (tertiary alicyclic amines) is 1. The Labute approximate surface area is 140 Å². The van der Waals surface area contributed by atoms with Gasteiger partial charge in [0.15, 0.2) is 0 Å². The summed E-state index contributed by atoms with van der Waals surface area (Å²) in [5.74, 6) is -1.27. The molecule has 0 aromatic heterocycles.